The maximum atomic E-state index is 9.74. The van der Waals surface area contributed by atoms with E-state index in [4.69, 9.17) is 10.8 Å². The second kappa shape index (κ2) is 5.20. The summed E-state index contributed by atoms with van der Waals surface area (Å²) >= 11 is 0. The number of nitrogens with two attached hydrogens (primary N) is 1. The molecule has 2 atom stereocenters. The van der Waals surface area contributed by atoms with Gasteiger partial charge in [-0.05, 0) is 6.92 Å². The van der Waals surface area contributed by atoms with E-state index in [1.165, 1.54) is 6.92 Å². The second-order valence-corrected chi connectivity index (χ2v) is 1.59. The Balaban J connectivity index is 0. The number of hydrogen-bond acceptors (Lipinski definition) is 4. The topological polar surface area (TPSA) is 86.4 Å². The van der Waals surface area contributed by atoms with Crippen LogP contribution in [0, 0.1) is 0 Å². The number of aliphatic hydroxyl groups excluding tert-OH is 1. The zero-order valence-corrected chi connectivity index (χ0v) is 7.50. The van der Waals surface area contributed by atoms with Crippen molar-refractivity contribution in [1.82, 2.24) is 0 Å². The van der Waals surface area contributed by atoms with E-state index in [9.17, 15) is 9.90 Å². The Morgan fingerprint density at radius 3 is 2.11 bits per heavy atom. The molecule has 3 N–H and O–H groups in total. The zero-order chi connectivity index (χ0) is 6.73. The molecule has 0 bridgehead atoms. The van der Waals surface area contributed by atoms with Crippen molar-refractivity contribution in [3.8, 4) is 0 Å². The smallest absolute Gasteiger partial charge is 0.548 e. The third kappa shape index (κ3) is 4.87. The Morgan fingerprint density at radius 1 is 1.78 bits per heavy atom. The summed E-state index contributed by atoms with van der Waals surface area (Å²) in [5.74, 6) is -1.43. The summed E-state index contributed by atoms with van der Waals surface area (Å²) in [6.45, 7) is 1.29. The van der Waals surface area contributed by atoms with Crippen LogP contribution in [-0.4, -0.2) is 23.2 Å². The Hall–Kier alpha value is 0.390. The van der Waals surface area contributed by atoms with Crippen molar-refractivity contribution in [1.29, 1.82) is 0 Å². The zero-order valence-electron chi connectivity index (χ0n) is 5.50. The number of aliphatic carboxylic acids is 1. The Bertz CT molecular complexity index is 95.8. The summed E-state index contributed by atoms with van der Waals surface area (Å²) in [5, 5.41) is 18.2. The van der Waals surface area contributed by atoms with E-state index in [0.29, 0.717) is 0 Å². The molecule has 0 aliphatic carbocycles. The van der Waals surface area contributed by atoms with Gasteiger partial charge in [-0.2, -0.15) is 0 Å². The monoisotopic (exact) mass is 141 g/mol. The van der Waals surface area contributed by atoms with Crippen LogP contribution in [0.5, 0.6) is 0 Å². The number of carbonyl (C=O) groups is 1. The number of carbonyl (C=O) groups excluding carboxylic acids is 1. The summed E-state index contributed by atoms with van der Waals surface area (Å²) in [6, 6.07) is -1.27. The molecule has 0 saturated heterocycles. The first-order valence-electron chi connectivity index (χ1n) is 2.20. The molecule has 0 aromatic carbocycles. The molecule has 0 fully saturated rings. The van der Waals surface area contributed by atoms with Crippen LogP contribution < -0.4 is 40.4 Å². The number of carboxylic acids is 1. The minimum absolute atomic E-state index is 0. The van der Waals surface area contributed by atoms with Crippen molar-refractivity contribution in [2.75, 3.05) is 0 Å². The molecule has 0 aliphatic heterocycles. The molecule has 0 unspecified atom stereocenters. The predicted octanol–water partition coefficient (Wildman–Crippen LogP) is -5.55. The van der Waals surface area contributed by atoms with E-state index in [1.807, 2.05) is 0 Å². The van der Waals surface area contributed by atoms with Gasteiger partial charge in [-0.3, -0.25) is 0 Å². The molecular weight excluding hydrogens is 133 g/mol. The van der Waals surface area contributed by atoms with Gasteiger partial charge in [-0.15, -0.1) is 0 Å². The van der Waals surface area contributed by atoms with Gasteiger partial charge in [0, 0.05) is 0 Å². The molecule has 0 amide bonds. The van der Waals surface area contributed by atoms with Crippen molar-refractivity contribution in [3.05, 3.63) is 0 Å². The van der Waals surface area contributed by atoms with Crippen LogP contribution in [0.15, 0.2) is 0 Å². The van der Waals surface area contributed by atoms with E-state index in [-0.39, 0.29) is 29.6 Å². The van der Waals surface area contributed by atoms with E-state index in [0.717, 1.165) is 0 Å². The normalized spacial score (nSPS) is 15.4. The third-order valence-electron chi connectivity index (χ3n) is 0.792. The van der Waals surface area contributed by atoms with Gasteiger partial charge in [0.15, 0.2) is 0 Å². The first-order chi connectivity index (χ1) is 3.55. The van der Waals surface area contributed by atoms with Crippen LogP contribution in [0.4, 0.5) is 0 Å². The van der Waals surface area contributed by atoms with Gasteiger partial charge in [-0.1, -0.05) is 0 Å². The van der Waals surface area contributed by atoms with E-state index in [1.54, 1.807) is 0 Å². The molecule has 0 spiro atoms. The van der Waals surface area contributed by atoms with Gasteiger partial charge in [0.2, 0.25) is 0 Å². The summed E-state index contributed by atoms with van der Waals surface area (Å²) in [7, 11) is 0. The average Bonchev–Trinajstić information content (AvgIpc) is 1.64. The largest absolute Gasteiger partial charge is 1.00 e. The molecule has 0 heterocycles. The van der Waals surface area contributed by atoms with Crippen LogP contribution in [0.3, 0.4) is 0 Å². The maximum absolute atomic E-state index is 9.74. The number of aliphatic hydroxyl groups is 1. The molecular formula is C4H8NNaO3. The van der Waals surface area contributed by atoms with Crippen LogP contribution in [0.1, 0.15) is 6.92 Å². The molecule has 48 valence electrons. The fourth-order valence-electron chi connectivity index (χ4n) is 0.197. The molecule has 0 aliphatic rings. The van der Waals surface area contributed by atoms with Gasteiger partial charge < -0.3 is 20.7 Å². The van der Waals surface area contributed by atoms with E-state index >= 15 is 0 Å². The quantitative estimate of drug-likeness (QED) is 0.375. The molecule has 4 nitrogen and oxygen atoms in total. The van der Waals surface area contributed by atoms with Crippen LogP contribution in [0.25, 0.3) is 0 Å². The van der Waals surface area contributed by atoms with Crippen LogP contribution in [0.2, 0.25) is 0 Å². The first kappa shape index (κ1) is 12.1. The van der Waals surface area contributed by atoms with Crippen LogP contribution in [-0.2, 0) is 4.79 Å². The second-order valence-electron chi connectivity index (χ2n) is 1.59. The molecule has 0 radical (unpaired) electrons. The van der Waals surface area contributed by atoms with Crippen molar-refractivity contribution >= 4 is 5.97 Å². The Labute approximate surface area is 75.3 Å². The van der Waals surface area contributed by atoms with E-state index < -0.39 is 18.1 Å². The van der Waals surface area contributed by atoms with Crippen molar-refractivity contribution in [3.63, 3.8) is 0 Å². The minimum Gasteiger partial charge on any atom is -0.548 e. The van der Waals surface area contributed by atoms with Gasteiger partial charge in [-0.25, -0.2) is 0 Å². The first-order valence-corrected chi connectivity index (χ1v) is 2.20. The SMILES string of the molecule is C[C@@H](O)[C@H](N)C(=O)[O-].[Na+]. The molecule has 0 saturated carbocycles. The average molecular weight is 141 g/mol. The molecule has 5 heteroatoms. The number of rotatable bonds is 2. The van der Waals surface area contributed by atoms with Gasteiger partial charge in [0.25, 0.3) is 0 Å². The van der Waals surface area contributed by atoms with Gasteiger partial charge in [0.1, 0.15) is 0 Å². The summed E-state index contributed by atoms with van der Waals surface area (Å²) in [4.78, 5) is 9.74. The Kier molecular flexibility index (Phi) is 6.99. The van der Waals surface area contributed by atoms with Crippen molar-refractivity contribution in [2.24, 2.45) is 5.73 Å². The molecule has 0 aromatic rings. The predicted molar refractivity (Wildman–Crippen MR) is 24.7 cm³/mol. The number of hydrogen-bond donors (Lipinski definition) is 2. The molecule has 0 aromatic heterocycles. The maximum Gasteiger partial charge on any atom is 1.00 e. The summed E-state index contributed by atoms with van der Waals surface area (Å²) in [5.41, 5.74) is 4.85. The Morgan fingerprint density at radius 2 is 2.11 bits per heavy atom. The summed E-state index contributed by atoms with van der Waals surface area (Å²) < 4.78 is 0. The third-order valence-corrected chi connectivity index (χ3v) is 0.792. The molecule has 9 heavy (non-hydrogen) atoms. The summed E-state index contributed by atoms with van der Waals surface area (Å²) in [6.07, 6.45) is -1.04. The van der Waals surface area contributed by atoms with Crippen LogP contribution >= 0.6 is 0 Å². The van der Waals surface area contributed by atoms with Gasteiger partial charge >= 0.3 is 29.6 Å². The fourth-order valence-corrected chi connectivity index (χ4v) is 0.197. The van der Waals surface area contributed by atoms with Crippen molar-refractivity contribution in [2.45, 2.75) is 19.1 Å². The minimum atomic E-state index is -1.43. The standard InChI is InChI=1S/C4H9NO3.Na/c1-2(6)3(5)4(7)8;/h2-3,6H,5H2,1H3,(H,7,8);/q;+1/p-1/t2-,3+;/m1./s1. The van der Waals surface area contributed by atoms with Gasteiger partial charge in [0.05, 0.1) is 18.1 Å². The van der Waals surface area contributed by atoms with Crippen molar-refractivity contribution < 1.29 is 44.6 Å². The fraction of sp³-hybridized carbons (Fsp3) is 0.750. The van der Waals surface area contributed by atoms with E-state index in [2.05, 4.69) is 0 Å². The number of carboxylic acid groups (broad SMARTS) is 1. The molecule has 0 rings (SSSR count).